The van der Waals surface area contributed by atoms with E-state index in [0.29, 0.717) is 0 Å². The molecule has 20 heavy (non-hydrogen) atoms. The Morgan fingerprint density at radius 1 is 1.20 bits per heavy atom. The number of carbonyl (C=O) groups excluding carboxylic acids is 1. The summed E-state index contributed by atoms with van der Waals surface area (Å²) in [6, 6.07) is -0.0945. The zero-order chi connectivity index (χ0) is 15.7. The van der Waals surface area contributed by atoms with Gasteiger partial charge in [0.2, 0.25) is 5.88 Å². The molecule has 0 aliphatic rings. The highest BCUT2D eigenvalue weighted by Gasteiger charge is 2.40. The van der Waals surface area contributed by atoms with E-state index in [-0.39, 0.29) is 6.07 Å². The van der Waals surface area contributed by atoms with Gasteiger partial charge in [0.15, 0.2) is 11.5 Å². The van der Waals surface area contributed by atoms with E-state index in [1.54, 1.807) is 0 Å². The van der Waals surface area contributed by atoms with Gasteiger partial charge in [-0.25, -0.2) is 14.2 Å². The Kier molecular flexibility index (Phi) is 4.10. The summed E-state index contributed by atoms with van der Waals surface area (Å²) in [6.45, 7) is 0. The van der Waals surface area contributed by atoms with Crippen LogP contribution in [0.1, 0.15) is 16.1 Å². The number of nitrogens with zero attached hydrogens (tertiary/aromatic N) is 1. The van der Waals surface area contributed by atoms with Gasteiger partial charge in [-0.3, -0.25) is 0 Å². The van der Waals surface area contributed by atoms with Crippen LogP contribution in [0.25, 0.3) is 0 Å². The van der Waals surface area contributed by atoms with Crippen molar-refractivity contribution in [3.05, 3.63) is 23.1 Å². The first kappa shape index (κ1) is 16.0. The number of ether oxygens (including phenoxy) is 2. The standard InChI is InChI=1S/C9H4F7NO3/c1-19-7(18)3-2-4(10)5(8(11,12)13)17-6(3)20-9(14,15)16/h2H,1H3. The maximum absolute atomic E-state index is 13.1. The van der Waals surface area contributed by atoms with Gasteiger partial charge in [0.1, 0.15) is 5.56 Å². The van der Waals surface area contributed by atoms with Crippen molar-refractivity contribution < 1.29 is 45.0 Å². The summed E-state index contributed by atoms with van der Waals surface area (Å²) in [5, 5.41) is 0. The lowest BCUT2D eigenvalue weighted by atomic mass is 10.2. The molecule has 0 radical (unpaired) electrons. The molecule has 1 aromatic heterocycles. The SMILES string of the molecule is COC(=O)c1cc(F)c(C(F)(F)F)nc1OC(F)(F)F. The first-order valence-corrected chi connectivity index (χ1v) is 4.57. The molecule has 1 aromatic rings. The third kappa shape index (κ3) is 3.71. The molecule has 0 bridgehead atoms. The lowest BCUT2D eigenvalue weighted by Crippen LogP contribution is -2.22. The van der Waals surface area contributed by atoms with E-state index >= 15 is 0 Å². The van der Waals surface area contributed by atoms with Gasteiger partial charge in [-0.15, -0.1) is 13.2 Å². The fourth-order valence-corrected chi connectivity index (χ4v) is 1.11. The van der Waals surface area contributed by atoms with Crippen molar-refractivity contribution in [2.75, 3.05) is 7.11 Å². The van der Waals surface area contributed by atoms with Gasteiger partial charge >= 0.3 is 18.5 Å². The van der Waals surface area contributed by atoms with E-state index in [1.165, 1.54) is 0 Å². The van der Waals surface area contributed by atoms with Crippen LogP contribution in [0.5, 0.6) is 5.88 Å². The molecule has 0 aromatic carbocycles. The summed E-state index contributed by atoms with van der Waals surface area (Å²) in [6.07, 6.45) is -10.8. The summed E-state index contributed by atoms with van der Waals surface area (Å²) < 4.78 is 93.3. The topological polar surface area (TPSA) is 48.4 Å². The lowest BCUT2D eigenvalue weighted by molar-refractivity contribution is -0.276. The molecule has 0 aliphatic carbocycles. The number of pyridine rings is 1. The number of alkyl halides is 6. The fraction of sp³-hybridized carbons (Fsp3) is 0.333. The van der Waals surface area contributed by atoms with Crippen LogP contribution in [0.3, 0.4) is 0 Å². The summed E-state index contributed by atoms with van der Waals surface area (Å²) >= 11 is 0. The van der Waals surface area contributed by atoms with Crippen LogP contribution in [-0.2, 0) is 10.9 Å². The molecule has 112 valence electrons. The van der Waals surface area contributed by atoms with Crippen LogP contribution in [0.2, 0.25) is 0 Å². The normalized spacial score (nSPS) is 12.2. The molecule has 0 N–H and O–H groups in total. The predicted octanol–water partition coefficient (Wildman–Crippen LogP) is 2.92. The van der Waals surface area contributed by atoms with E-state index in [9.17, 15) is 35.5 Å². The number of esters is 1. The smallest absolute Gasteiger partial charge is 0.465 e. The van der Waals surface area contributed by atoms with Gasteiger partial charge in [-0.1, -0.05) is 0 Å². The average molecular weight is 307 g/mol. The lowest BCUT2D eigenvalue weighted by Gasteiger charge is -2.14. The molecule has 1 rings (SSSR count). The highest BCUT2D eigenvalue weighted by molar-refractivity contribution is 5.91. The zero-order valence-electron chi connectivity index (χ0n) is 9.40. The van der Waals surface area contributed by atoms with Gasteiger partial charge in [0.25, 0.3) is 0 Å². The third-order valence-corrected chi connectivity index (χ3v) is 1.83. The highest BCUT2D eigenvalue weighted by atomic mass is 19.4. The van der Waals surface area contributed by atoms with Crippen molar-refractivity contribution in [3.63, 3.8) is 0 Å². The van der Waals surface area contributed by atoms with Gasteiger partial charge in [0.05, 0.1) is 7.11 Å². The number of methoxy groups -OCH3 is 1. The number of aromatic nitrogens is 1. The number of hydrogen-bond donors (Lipinski definition) is 0. The van der Waals surface area contributed by atoms with Crippen molar-refractivity contribution in [2.45, 2.75) is 12.5 Å². The van der Waals surface area contributed by atoms with Crippen LogP contribution >= 0.6 is 0 Å². The Labute approximate surface area is 106 Å². The van der Waals surface area contributed by atoms with Gasteiger partial charge in [0, 0.05) is 0 Å². The molecular formula is C9H4F7NO3. The molecule has 0 fully saturated rings. The highest BCUT2D eigenvalue weighted by Crippen LogP contribution is 2.34. The molecule has 0 saturated carbocycles. The second kappa shape index (κ2) is 5.13. The number of halogens is 7. The molecule has 4 nitrogen and oxygen atoms in total. The molecule has 0 amide bonds. The Hall–Kier alpha value is -2.07. The summed E-state index contributed by atoms with van der Waals surface area (Å²) in [7, 11) is 0.731. The van der Waals surface area contributed by atoms with Crippen molar-refractivity contribution in [1.82, 2.24) is 4.98 Å². The van der Waals surface area contributed by atoms with Crippen molar-refractivity contribution in [1.29, 1.82) is 0 Å². The second-order valence-corrected chi connectivity index (χ2v) is 3.21. The van der Waals surface area contributed by atoms with E-state index in [0.717, 1.165) is 7.11 Å². The van der Waals surface area contributed by atoms with Gasteiger partial charge < -0.3 is 9.47 Å². The quantitative estimate of drug-likeness (QED) is 0.622. The van der Waals surface area contributed by atoms with Crippen LogP contribution < -0.4 is 4.74 Å². The minimum absolute atomic E-state index is 0.0945. The first-order chi connectivity index (χ1) is 8.95. The summed E-state index contributed by atoms with van der Waals surface area (Å²) in [5.74, 6) is -5.32. The van der Waals surface area contributed by atoms with Crippen LogP contribution in [-0.4, -0.2) is 24.4 Å². The molecule has 0 saturated heterocycles. The Bertz CT molecular complexity index is 523. The van der Waals surface area contributed by atoms with E-state index < -0.39 is 41.5 Å². The number of rotatable bonds is 2. The molecule has 1 heterocycles. The van der Waals surface area contributed by atoms with E-state index in [2.05, 4.69) is 14.5 Å². The maximum Gasteiger partial charge on any atom is 0.574 e. The molecule has 11 heteroatoms. The first-order valence-electron chi connectivity index (χ1n) is 4.57. The van der Waals surface area contributed by atoms with Crippen LogP contribution in [0.15, 0.2) is 6.07 Å². The largest absolute Gasteiger partial charge is 0.574 e. The van der Waals surface area contributed by atoms with E-state index in [4.69, 9.17) is 0 Å². The third-order valence-electron chi connectivity index (χ3n) is 1.83. The Morgan fingerprint density at radius 3 is 2.15 bits per heavy atom. The summed E-state index contributed by atoms with van der Waals surface area (Å²) in [4.78, 5) is 13.4. The predicted molar refractivity (Wildman–Crippen MR) is 47.2 cm³/mol. The maximum atomic E-state index is 13.1. The molecular weight excluding hydrogens is 303 g/mol. The molecule has 0 aliphatic heterocycles. The van der Waals surface area contributed by atoms with Gasteiger partial charge in [-0.2, -0.15) is 13.2 Å². The Morgan fingerprint density at radius 2 is 1.75 bits per heavy atom. The van der Waals surface area contributed by atoms with Crippen LogP contribution in [0.4, 0.5) is 30.7 Å². The average Bonchev–Trinajstić information content (AvgIpc) is 2.26. The van der Waals surface area contributed by atoms with E-state index in [1.807, 2.05) is 0 Å². The van der Waals surface area contributed by atoms with Crippen molar-refractivity contribution in [3.8, 4) is 5.88 Å². The van der Waals surface area contributed by atoms with Crippen molar-refractivity contribution >= 4 is 5.97 Å². The molecule has 0 unspecified atom stereocenters. The second-order valence-electron chi connectivity index (χ2n) is 3.21. The molecule has 0 atom stereocenters. The Balaban J connectivity index is 3.46. The minimum Gasteiger partial charge on any atom is -0.465 e. The van der Waals surface area contributed by atoms with Crippen molar-refractivity contribution in [2.24, 2.45) is 0 Å². The number of carbonyl (C=O) groups is 1. The van der Waals surface area contributed by atoms with Crippen LogP contribution in [0, 0.1) is 5.82 Å². The minimum atomic E-state index is -5.42. The van der Waals surface area contributed by atoms with Gasteiger partial charge in [-0.05, 0) is 6.07 Å². The number of hydrogen-bond acceptors (Lipinski definition) is 4. The molecule has 0 spiro atoms. The monoisotopic (exact) mass is 307 g/mol. The summed E-state index contributed by atoms with van der Waals surface area (Å²) in [5.41, 5.74) is -3.47. The zero-order valence-corrected chi connectivity index (χ0v) is 9.40. The fourth-order valence-electron chi connectivity index (χ4n) is 1.11.